The van der Waals surface area contributed by atoms with Gasteiger partial charge in [0, 0.05) is 5.56 Å². The number of rotatable bonds is 7. The maximum Gasteiger partial charge on any atom is 0.416 e. The zero-order valence-electron chi connectivity index (χ0n) is 19.6. The fourth-order valence-corrected chi connectivity index (χ4v) is 4.82. The SMILES string of the molecule is CC(C)(NC(=O)Cn1nc(-c2ccc(Cl)s2)n(Cc2ccccc2F)c1=O)c1cccc(C(F)(F)F)c1. The molecule has 4 rings (SSSR count). The number of hydrogen-bond donors (Lipinski definition) is 1. The Morgan fingerprint density at radius 3 is 2.41 bits per heavy atom. The van der Waals surface area contributed by atoms with Crippen molar-refractivity contribution in [3.63, 3.8) is 0 Å². The van der Waals surface area contributed by atoms with Crippen LogP contribution in [0.5, 0.6) is 0 Å². The van der Waals surface area contributed by atoms with Gasteiger partial charge in [-0.15, -0.1) is 16.4 Å². The monoisotopic (exact) mass is 552 g/mol. The van der Waals surface area contributed by atoms with Crippen LogP contribution in [0.15, 0.2) is 65.5 Å². The number of hydrogen-bond acceptors (Lipinski definition) is 4. The zero-order valence-corrected chi connectivity index (χ0v) is 21.2. The molecule has 0 saturated heterocycles. The van der Waals surface area contributed by atoms with E-state index in [2.05, 4.69) is 10.4 Å². The molecule has 1 N–H and O–H groups in total. The van der Waals surface area contributed by atoms with Gasteiger partial charge in [0.05, 0.1) is 26.9 Å². The van der Waals surface area contributed by atoms with Crippen molar-refractivity contribution in [2.45, 2.75) is 38.7 Å². The summed E-state index contributed by atoms with van der Waals surface area (Å²) in [6, 6.07) is 13.9. The first kappa shape index (κ1) is 26.6. The van der Waals surface area contributed by atoms with Crippen LogP contribution in [-0.4, -0.2) is 20.3 Å². The molecular weight excluding hydrogens is 532 g/mol. The lowest BCUT2D eigenvalue weighted by molar-refractivity contribution is -0.137. The second kappa shape index (κ2) is 10.1. The molecule has 12 heteroatoms. The molecule has 2 aromatic carbocycles. The van der Waals surface area contributed by atoms with E-state index in [9.17, 15) is 27.2 Å². The summed E-state index contributed by atoms with van der Waals surface area (Å²) in [7, 11) is 0. The first-order chi connectivity index (χ1) is 17.3. The molecule has 6 nitrogen and oxygen atoms in total. The second-order valence-electron chi connectivity index (χ2n) is 8.80. The number of carbonyl (C=O) groups is 1. The van der Waals surface area contributed by atoms with E-state index in [0.717, 1.165) is 28.2 Å². The van der Waals surface area contributed by atoms with Crippen LogP contribution in [-0.2, 0) is 29.6 Å². The Labute approximate surface area is 218 Å². The molecule has 0 aliphatic rings. The van der Waals surface area contributed by atoms with Crippen LogP contribution in [0.1, 0.15) is 30.5 Å². The van der Waals surface area contributed by atoms with Gasteiger partial charge in [-0.1, -0.05) is 41.9 Å². The first-order valence-electron chi connectivity index (χ1n) is 11.0. The van der Waals surface area contributed by atoms with Gasteiger partial charge in [-0.3, -0.25) is 9.36 Å². The van der Waals surface area contributed by atoms with Gasteiger partial charge in [-0.05, 0) is 49.7 Å². The van der Waals surface area contributed by atoms with E-state index in [4.69, 9.17) is 11.6 Å². The minimum absolute atomic E-state index is 0.131. The van der Waals surface area contributed by atoms with E-state index < -0.39 is 41.2 Å². The molecule has 2 aromatic heterocycles. The predicted molar refractivity (Wildman–Crippen MR) is 133 cm³/mol. The summed E-state index contributed by atoms with van der Waals surface area (Å²) in [4.78, 5) is 26.7. The standard InChI is InChI=1S/C25H21ClF4N4O2S/c1-24(2,16-7-5-8-17(12-16)25(28,29)30)31-21(35)14-34-23(36)33(13-15-6-3-4-9-18(15)27)22(32-34)19-10-11-20(26)37-19/h3-12H,13-14H2,1-2H3,(H,31,35). The Bertz CT molecular complexity index is 1510. The highest BCUT2D eigenvalue weighted by Crippen LogP contribution is 2.32. The van der Waals surface area contributed by atoms with Crippen molar-refractivity contribution in [1.29, 1.82) is 0 Å². The minimum atomic E-state index is -4.53. The lowest BCUT2D eigenvalue weighted by Crippen LogP contribution is -2.44. The van der Waals surface area contributed by atoms with Crippen molar-refractivity contribution in [1.82, 2.24) is 19.7 Å². The largest absolute Gasteiger partial charge is 0.416 e. The third-order valence-corrected chi connectivity index (χ3v) is 6.89. The Balaban J connectivity index is 1.62. The van der Waals surface area contributed by atoms with Crippen molar-refractivity contribution in [2.75, 3.05) is 0 Å². The molecule has 1 amide bonds. The van der Waals surface area contributed by atoms with Crippen LogP contribution in [0.25, 0.3) is 10.7 Å². The van der Waals surface area contributed by atoms with Gasteiger partial charge in [0.2, 0.25) is 5.91 Å². The summed E-state index contributed by atoms with van der Waals surface area (Å²) in [5.41, 5.74) is -2.18. The van der Waals surface area contributed by atoms with Gasteiger partial charge in [0.25, 0.3) is 0 Å². The Morgan fingerprint density at radius 1 is 1.05 bits per heavy atom. The van der Waals surface area contributed by atoms with Crippen LogP contribution >= 0.6 is 22.9 Å². The molecule has 0 fully saturated rings. The van der Waals surface area contributed by atoms with Gasteiger partial charge in [0.1, 0.15) is 12.4 Å². The molecule has 0 spiro atoms. The number of amides is 1. The summed E-state index contributed by atoms with van der Waals surface area (Å²) in [5, 5.41) is 6.96. The van der Waals surface area contributed by atoms with E-state index in [1.54, 1.807) is 32.0 Å². The number of halogens is 5. The maximum atomic E-state index is 14.3. The molecule has 0 radical (unpaired) electrons. The fraction of sp³-hybridized carbons (Fsp3) is 0.240. The lowest BCUT2D eigenvalue weighted by Gasteiger charge is -2.27. The number of thiophene rings is 1. The van der Waals surface area contributed by atoms with Gasteiger partial charge in [-0.25, -0.2) is 13.9 Å². The summed E-state index contributed by atoms with van der Waals surface area (Å²) >= 11 is 7.22. The molecule has 0 aliphatic heterocycles. The molecule has 0 bridgehead atoms. The summed E-state index contributed by atoms with van der Waals surface area (Å²) in [5.74, 6) is -0.941. The highest BCUT2D eigenvalue weighted by Gasteiger charge is 2.33. The Kier molecular flexibility index (Phi) is 7.29. The van der Waals surface area contributed by atoms with Gasteiger partial charge >= 0.3 is 11.9 Å². The second-order valence-corrected chi connectivity index (χ2v) is 10.5. The van der Waals surface area contributed by atoms with Gasteiger partial charge in [0.15, 0.2) is 5.82 Å². The molecule has 0 saturated carbocycles. The van der Waals surface area contributed by atoms with E-state index in [1.165, 1.54) is 34.9 Å². The highest BCUT2D eigenvalue weighted by atomic mass is 35.5. The number of carbonyl (C=O) groups excluding carboxylic acids is 1. The molecule has 37 heavy (non-hydrogen) atoms. The van der Waals surface area contributed by atoms with Crippen molar-refractivity contribution in [2.24, 2.45) is 0 Å². The third kappa shape index (κ3) is 5.94. The van der Waals surface area contributed by atoms with Gasteiger partial charge in [-0.2, -0.15) is 13.2 Å². The Hall–Kier alpha value is -3.44. The highest BCUT2D eigenvalue weighted by molar-refractivity contribution is 7.19. The van der Waals surface area contributed by atoms with Crippen molar-refractivity contribution >= 4 is 28.8 Å². The molecule has 194 valence electrons. The minimum Gasteiger partial charge on any atom is -0.346 e. The smallest absolute Gasteiger partial charge is 0.346 e. The van der Waals surface area contributed by atoms with Crippen LogP contribution < -0.4 is 11.0 Å². The zero-order chi connectivity index (χ0) is 27.0. The molecule has 0 atom stereocenters. The van der Waals surface area contributed by atoms with Crippen molar-refractivity contribution < 1.29 is 22.4 Å². The number of aromatic nitrogens is 3. The van der Waals surface area contributed by atoms with E-state index >= 15 is 0 Å². The van der Waals surface area contributed by atoms with Crippen LogP contribution in [0.3, 0.4) is 0 Å². The van der Waals surface area contributed by atoms with Crippen LogP contribution in [0.2, 0.25) is 4.34 Å². The number of benzene rings is 2. The summed E-state index contributed by atoms with van der Waals surface area (Å²) in [6.45, 7) is 2.48. The van der Waals surface area contributed by atoms with Crippen molar-refractivity contribution in [3.05, 3.63) is 98.0 Å². The molecule has 0 aliphatic carbocycles. The van der Waals surface area contributed by atoms with E-state index in [-0.39, 0.29) is 23.5 Å². The normalized spacial score (nSPS) is 12.1. The number of alkyl halides is 3. The first-order valence-corrected chi connectivity index (χ1v) is 12.2. The van der Waals surface area contributed by atoms with Crippen LogP contribution in [0, 0.1) is 5.82 Å². The number of nitrogens with zero attached hydrogens (tertiary/aromatic N) is 3. The topological polar surface area (TPSA) is 68.9 Å². The molecule has 4 aromatic rings. The summed E-state index contributed by atoms with van der Waals surface area (Å²) < 4.78 is 56.4. The fourth-order valence-electron chi connectivity index (χ4n) is 3.78. The summed E-state index contributed by atoms with van der Waals surface area (Å²) in [6.07, 6.45) is -4.53. The van der Waals surface area contributed by atoms with Gasteiger partial charge < -0.3 is 5.32 Å². The lowest BCUT2D eigenvalue weighted by atomic mass is 9.92. The Morgan fingerprint density at radius 2 is 1.76 bits per heavy atom. The molecular formula is C25H21ClF4N4O2S. The van der Waals surface area contributed by atoms with E-state index in [1.807, 2.05) is 0 Å². The average molecular weight is 553 g/mol. The van der Waals surface area contributed by atoms with Crippen molar-refractivity contribution in [3.8, 4) is 10.7 Å². The molecule has 0 unspecified atom stereocenters. The third-order valence-electron chi connectivity index (χ3n) is 5.66. The average Bonchev–Trinajstić information content (AvgIpc) is 3.38. The number of nitrogens with one attached hydrogen (secondary N) is 1. The van der Waals surface area contributed by atoms with E-state index in [0.29, 0.717) is 9.21 Å². The van der Waals surface area contributed by atoms with Crippen LogP contribution in [0.4, 0.5) is 17.6 Å². The maximum absolute atomic E-state index is 14.3. The predicted octanol–water partition coefficient (Wildman–Crippen LogP) is 5.68. The molecule has 2 heterocycles. The quantitative estimate of drug-likeness (QED) is 0.300.